The fourth-order valence-electron chi connectivity index (χ4n) is 4.35. The Hall–Kier alpha value is -3.56. The van der Waals surface area contributed by atoms with E-state index in [1.807, 2.05) is 50.2 Å². The summed E-state index contributed by atoms with van der Waals surface area (Å²) in [6.45, 7) is 4.99. The van der Waals surface area contributed by atoms with Crippen LogP contribution in [-0.2, 0) is 32.6 Å². The van der Waals surface area contributed by atoms with Gasteiger partial charge in [-0.25, -0.2) is 8.42 Å². The number of rotatable bonds is 12. The first-order valence-corrected chi connectivity index (χ1v) is 15.1. The van der Waals surface area contributed by atoms with E-state index in [1.54, 1.807) is 44.4 Å². The molecule has 0 saturated carbocycles. The number of halogens is 1. The van der Waals surface area contributed by atoms with E-state index in [4.69, 9.17) is 16.3 Å². The Morgan fingerprint density at radius 2 is 1.65 bits per heavy atom. The van der Waals surface area contributed by atoms with Gasteiger partial charge in [0.05, 0.1) is 19.1 Å². The molecule has 3 rings (SSSR count). The molecule has 1 N–H and O–H groups in total. The average molecular weight is 586 g/mol. The van der Waals surface area contributed by atoms with Gasteiger partial charge in [0.2, 0.25) is 21.8 Å². The largest absolute Gasteiger partial charge is 0.497 e. The number of benzene rings is 3. The zero-order chi connectivity index (χ0) is 29.4. The van der Waals surface area contributed by atoms with Gasteiger partial charge in [0.1, 0.15) is 18.3 Å². The molecule has 0 unspecified atom stereocenters. The number of hydrogen-bond acceptors (Lipinski definition) is 5. The van der Waals surface area contributed by atoms with Crippen LogP contribution < -0.4 is 14.4 Å². The molecule has 0 bridgehead atoms. The van der Waals surface area contributed by atoms with E-state index in [2.05, 4.69) is 5.32 Å². The minimum Gasteiger partial charge on any atom is -0.497 e. The van der Waals surface area contributed by atoms with Crippen molar-refractivity contribution in [2.45, 2.75) is 45.8 Å². The molecule has 2 amide bonds. The molecule has 0 saturated heterocycles. The number of methoxy groups -OCH3 is 1. The number of nitrogens with one attached hydrogen (secondary N) is 1. The number of hydrogen-bond donors (Lipinski definition) is 1. The van der Waals surface area contributed by atoms with Crippen molar-refractivity contribution in [1.82, 2.24) is 10.2 Å². The zero-order valence-corrected chi connectivity index (χ0v) is 25.0. The van der Waals surface area contributed by atoms with Gasteiger partial charge >= 0.3 is 0 Å². The molecule has 8 nitrogen and oxygen atoms in total. The molecular formula is C30H36ClN3O5S. The van der Waals surface area contributed by atoms with Gasteiger partial charge in [0, 0.05) is 24.0 Å². The first kappa shape index (κ1) is 31.0. The average Bonchev–Trinajstić information content (AvgIpc) is 2.90. The van der Waals surface area contributed by atoms with E-state index in [9.17, 15) is 18.0 Å². The molecule has 214 valence electrons. The fraction of sp³-hybridized carbons (Fsp3) is 0.333. The quantitative estimate of drug-likeness (QED) is 0.335. The van der Waals surface area contributed by atoms with Crippen molar-refractivity contribution >= 4 is 39.1 Å². The van der Waals surface area contributed by atoms with E-state index < -0.39 is 28.5 Å². The molecule has 1 atom stereocenters. The summed E-state index contributed by atoms with van der Waals surface area (Å²) in [6, 6.07) is 20.4. The number of amides is 2. The molecule has 0 radical (unpaired) electrons. The van der Waals surface area contributed by atoms with Crippen molar-refractivity contribution in [2.24, 2.45) is 0 Å². The lowest BCUT2D eigenvalue weighted by Crippen LogP contribution is -2.54. The molecule has 0 spiro atoms. The Morgan fingerprint density at radius 3 is 2.27 bits per heavy atom. The van der Waals surface area contributed by atoms with Gasteiger partial charge in [-0.05, 0) is 61.7 Å². The minimum atomic E-state index is -3.89. The molecule has 0 aliphatic rings. The first-order chi connectivity index (χ1) is 18.9. The second-order valence-electron chi connectivity index (χ2n) is 9.94. The van der Waals surface area contributed by atoms with Crippen LogP contribution in [0, 0.1) is 6.92 Å². The highest BCUT2D eigenvalue weighted by Crippen LogP contribution is 2.27. The monoisotopic (exact) mass is 585 g/mol. The van der Waals surface area contributed by atoms with E-state index >= 15 is 0 Å². The molecule has 3 aromatic carbocycles. The van der Waals surface area contributed by atoms with Gasteiger partial charge in [-0.15, -0.1) is 0 Å². The number of carbonyl (C=O) groups excluding carboxylic acids is 2. The summed E-state index contributed by atoms with van der Waals surface area (Å²) < 4.78 is 32.3. The normalized spacial score (nSPS) is 12.1. The SMILES string of the molecule is COc1cccc(CN(C(=O)CN(c2cc(Cl)ccc2C)S(C)(=O)=O)[C@@H](Cc2ccccc2)C(=O)NC(C)C)c1. The first-order valence-electron chi connectivity index (χ1n) is 12.9. The summed E-state index contributed by atoms with van der Waals surface area (Å²) in [4.78, 5) is 29.2. The van der Waals surface area contributed by atoms with Crippen molar-refractivity contribution < 1.29 is 22.7 Å². The third-order valence-electron chi connectivity index (χ3n) is 6.31. The van der Waals surface area contributed by atoms with E-state index in [0.29, 0.717) is 22.0 Å². The van der Waals surface area contributed by atoms with Crippen molar-refractivity contribution in [1.29, 1.82) is 0 Å². The van der Waals surface area contributed by atoms with Crippen LogP contribution in [0.5, 0.6) is 5.75 Å². The number of ether oxygens (including phenoxy) is 1. The Bertz CT molecular complexity index is 1430. The summed E-state index contributed by atoms with van der Waals surface area (Å²) >= 11 is 6.20. The van der Waals surface area contributed by atoms with Gasteiger partial charge in [-0.1, -0.05) is 60.1 Å². The van der Waals surface area contributed by atoms with Crippen molar-refractivity contribution in [3.8, 4) is 5.75 Å². The molecule has 40 heavy (non-hydrogen) atoms. The number of sulfonamides is 1. The van der Waals surface area contributed by atoms with E-state index in [-0.39, 0.29) is 24.9 Å². The fourth-order valence-corrected chi connectivity index (χ4v) is 5.41. The predicted octanol–water partition coefficient (Wildman–Crippen LogP) is 4.59. The second-order valence-corrected chi connectivity index (χ2v) is 12.3. The third kappa shape index (κ3) is 8.47. The highest BCUT2D eigenvalue weighted by atomic mass is 35.5. The van der Waals surface area contributed by atoms with Crippen LogP contribution in [0.2, 0.25) is 5.02 Å². The van der Waals surface area contributed by atoms with Gasteiger partial charge in [0.25, 0.3) is 0 Å². The van der Waals surface area contributed by atoms with Crippen LogP contribution in [-0.4, -0.2) is 57.1 Å². The Labute approximate surface area is 241 Å². The third-order valence-corrected chi connectivity index (χ3v) is 7.67. The molecule has 0 fully saturated rings. The maximum atomic E-state index is 14.1. The molecular weight excluding hydrogens is 550 g/mol. The highest BCUT2D eigenvalue weighted by Gasteiger charge is 2.33. The molecule has 0 heterocycles. The van der Waals surface area contributed by atoms with Gasteiger partial charge in [-0.3, -0.25) is 13.9 Å². The summed E-state index contributed by atoms with van der Waals surface area (Å²) in [7, 11) is -2.34. The second kappa shape index (κ2) is 13.7. The van der Waals surface area contributed by atoms with Crippen molar-refractivity contribution in [3.63, 3.8) is 0 Å². The van der Waals surface area contributed by atoms with Crippen molar-refractivity contribution in [3.05, 3.63) is 94.5 Å². The van der Waals surface area contributed by atoms with Gasteiger partial charge in [0.15, 0.2) is 0 Å². The van der Waals surface area contributed by atoms with Gasteiger partial charge < -0.3 is 15.0 Å². The zero-order valence-electron chi connectivity index (χ0n) is 23.4. The van der Waals surface area contributed by atoms with Crippen LogP contribution >= 0.6 is 11.6 Å². The standard InChI is InChI=1S/C30H36ClN3O5S/c1-21(2)32-30(36)28(17-23-10-7-6-8-11-23)33(19-24-12-9-13-26(16-24)39-4)29(35)20-34(40(5,37)38)27-18-25(31)15-14-22(27)3/h6-16,18,21,28H,17,19-20H2,1-5H3,(H,32,36)/t28-/m0/s1. The molecule has 0 aromatic heterocycles. The molecule has 0 aliphatic carbocycles. The Kier molecular flexibility index (Phi) is 10.6. The smallest absolute Gasteiger partial charge is 0.244 e. The predicted molar refractivity (Wildman–Crippen MR) is 159 cm³/mol. The van der Waals surface area contributed by atoms with Crippen LogP contribution in [0.3, 0.4) is 0 Å². The summed E-state index contributed by atoms with van der Waals surface area (Å²) in [5, 5.41) is 3.27. The molecule has 10 heteroatoms. The lowest BCUT2D eigenvalue weighted by atomic mass is 10.0. The van der Waals surface area contributed by atoms with Crippen LogP contribution in [0.25, 0.3) is 0 Å². The van der Waals surface area contributed by atoms with Crippen LogP contribution in [0.4, 0.5) is 5.69 Å². The van der Waals surface area contributed by atoms with Crippen molar-refractivity contribution in [2.75, 3.05) is 24.2 Å². The lowest BCUT2D eigenvalue weighted by molar-refractivity contribution is -0.140. The number of nitrogens with zero attached hydrogens (tertiary/aromatic N) is 2. The van der Waals surface area contributed by atoms with E-state index in [0.717, 1.165) is 21.7 Å². The topological polar surface area (TPSA) is 96.0 Å². The molecule has 3 aromatic rings. The lowest BCUT2D eigenvalue weighted by Gasteiger charge is -2.34. The van der Waals surface area contributed by atoms with Gasteiger partial charge in [-0.2, -0.15) is 0 Å². The number of anilines is 1. The van der Waals surface area contributed by atoms with Crippen LogP contribution in [0.1, 0.15) is 30.5 Å². The molecule has 0 aliphatic heterocycles. The summed E-state index contributed by atoms with van der Waals surface area (Å²) in [6.07, 6.45) is 1.28. The van der Waals surface area contributed by atoms with E-state index in [1.165, 1.54) is 11.0 Å². The summed E-state index contributed by atoms with van der Waals surface area (Å²) in [5.41, 5.74) is 2.53. The van der Waals surface area contributed by atoms with Crippen LogP contribution in [0.15, 0.2) is 72.8 Å². The Morgan fingerprint density at radius 1 is 0.975 bits per heavy atom. The number of carbonyl (C=O) groups is 2. The maximum absolute atomic E-state index is 14.1. The summed E-state index contributed by atoms with van der Waals surface area (Å²) in [5.74, 6) is -0.268. The minimum absolute atomic E-state index is 0.0607. The Balaban J connectivity index is 2.09. The maximum Gasteiger partial charge on any atom is 0.244 e. The highest BCUT2D eigenvalue weighted by molar-refractivity contribution is 7.92. The number of aryl methyl sites for hydroxylation is 1.